The first kappa shape index (κ1) is 27.8. The summed E-state index contributed by atoms with van der Waals surface area (Å²) < 4.78 is 11.4. The molecule has 0 atom stereocenters. The molecule has 38 heavy (non-hydrogen) atoms. The zero-order chi connectivity index (χ0) is 27.4. The van der Waals surface area contributed by atoms with E-state index < -0.39 is 11.7 Å². The highest BCUT2D eigenvalue weighted by Gasteiger charge is 2.28. The van der Waals surface area contributed by atoms with Crippen LogP contribution in [-0.2, 0) is 11.2 Å². The number of nitrogens with one attached hydrogen (secondary N) is 2. The number of halogens is 1. The Morgan fingerprint density at radius 1 is 1.11 bits per heavy atom. The second-order valence-corrected chi connectivity index (χ2v) is 11.4. The Hall–Kier alpha value is -3.19. The second kappa shape index (κ2) is 11.7. The Morgan fingerprint density at radius 2 is 1.76 bits per heavy atom. The standard InChI is InChI=1S/C30H38ClN3O4/c1-19-17-22(18-20(2)26(19)31)37-16-8-10-24-23-9-6-7-11-25(23)33-27(24)28(35)34-14-12-21(13-15-34)32-29(36)38-30(3,4)5/h6-7,9,11,17-18,21,33H,8,10,12-16H2,1-5H3,(H,32,36). The third-order valence-corrected chi connectivity index (χ3v) is 7.38. The maximum atomic E-state index is 13.6. The van der Waals surface area contributed by atoms with Crippen molar-refractivity contribution < 1.29 is 19.1 Å². The molecule has 4 rings (SSSR count). The van der Waals surface area contributed by atoms with E-state index in [9.17, 15) is 9.59 Å². The molecule has 2 N–H and O–H groups in total. The molecule has 7 nitrogen and oxygen atoms in total. The normalized spacial score (nSPS) is 14.5. The van der Waals surface area contributed by atoms with Gasteiger partial charge in [0.15, 0.2) is 0 Å². The van der Waals surface area contributed by atoms with Crippen molar-refractivity contribution in [2.24, 2.45) is 0 Å². The lowest BCUT2D eigenvalue weighted by atomic mass is 10.0. The number of aromatic amines is 1. The molecular formula is C30H38ClN3O4. The number of benzene rings is 2. The Balaban J connectivity index is 1.39. The van der Waals surface area contributed by atoms with Gasteiger partial charge in [-0.1, -0.05) is 29.8 Å². The topological polar surface area (TPSA) is 83.7 Å². The summed E-state index contributed by atoms with van der Waals surface area (Å²) in [7, 11) is 0. The lowest BCUT2D eigenvalue weighted by Crippen LogP contribution is -2.47. The van der Waals surface area contributed by atoms with Crippen LogP contribution in [0.4, 0.5) is 4.79 Å². The van der Waals surface area contributed by atoms with Gasteiger partial charge in [-0.2, -0.15) is 0 Å². The number of para-hydroxylation sites is 1. The van der Waals surface area contributed by atoms with E-state index in [1.54, 1.807) is 0 Å². The molecule has 0 radical (unpaired) electrons. The van der Waals surface area contributed by atoms with Gasteiger partial charge in [0.1, 0.15) is 17.0 Å². The van der Waals surface area contributed by atoms with E-state index in [1.165, 1.54) is 0 Å². The summed E-state index contributed by atoms with van der Waals surface area (Å²) in [6, 6.07) is 11.9. The van der Waals surface area contributed by atoms with Gasteiger partial charge >= 0.3 is 6.09 Å². The van der Waals surface area contributed by atoms with E-state index in [4.69, 9.17) is 21.1 Å². The maximum Gasteiger partial charge on any atom is 0.407 e. The second-order valence-electron chi connectivity index (χ2n) is 11.1. The van der Waals surface area contributed by atoms with Gasteiger partial charge in [-0.25, -0.2) is 4.79 Å². The molecule has 1 aliphatic rings. The Kier molecular flexibility index (Phi) is 8.56. The lowest BCUT2D eigenvalue weighted by Gasteiger charge is -2.33. The first-order valence-electron chi connectivity index (χ1n) is 13.3. The number of alkyl carbamates (subject to hydrolysis) is 1. The summed E-state index contributed by atoms with van der Waals surface area (Å²) in [4.78, 5) is 31.0. The predicted octanol–water partition coefficient (Wildman–Crippen LogP) is 6.58. The van der Waals surface area contributed by atoms with Crippen LogP contribution < -0.4 is 10.1 Å². The minimum Gasteiger partial charge on any atom is -0.494 e. The van der Waals surface area contributed by atoms with Gasteiger partial charge in [0.25, 0.3) is 5.91 Å². The molecule has 0 saturated carbocycles. The molecule has 2 amide bonds. The van der Waals surface area contributed by atoms with Crippen LogP contribution in [0.15, 0.2) is 36.4 Å². The maximum absolute atomic E-state index is 13.6. The Labute approximate surface area is 229 Å². The number of ether oxygens (including phenoxy) is 2. The molecule has 1 fully saturated rings. The summed E-state index contributed by atoms with van der Waals surface area (Å²) in [5.41, 5.74) is 4.07. The van der Waals surface area contributed by atoms with Crippen LogP contribution in [0, 0.1) is 13.8 Å². The molecule has 3 aromatic rings. The zero-order valence-electron chi connectivity index (χ0n) is 22.9. The first-order chi connectivity index (χ1) is 18.0. The molecule has 204 valence electrons. The highest BCUT2D eigenvalue weighted by atomic mass is 35.5. The largest absolute Gasteiger partial charge is 0.494 e. The van der Waals surface area contributed by atoms with Gasteiger partial charge < -0.3 is 24.7 Å². The van der Waals surface area contributed by atoms with E-state index in [0.717, 1.165) is 44.8 Å². The van der Waals surface area contributed by atoms with E-state index >= 15 is 0 Å². The van der Waals surface area contributed by atoms with Crippen LogP contribution in [-0.4, -0.2) is 53.2 Å². The van der Waals surface area contributed by atoms with Crippen molar-refractivity contribution in [3.05, 3.63) is 63.8 Å². The first-order valence-corrected chi connectivity index (χ1v) is 13.7. The molecule has 0 aliphatic carbocycles. The summed E-state index contributed by atoms with van der Waals surface area (Å²) in [6.45, 7) is 11.2. The van der Waals surface area contributed by atoms with Crippen molar-refractivity contribution in [3.63, 3.8) is 0 Å². The molecule has 0 spiro atoms. The van der Waals surface area contributed by atoms with Gasteiger partial charge in [0, 0.05) is 35.1 Å². The molecule has 1 aliphatic heterocycles. The molecule has 1 saturated heterocycles. The van der Waals surface area contributed by atoms with Crippen molar-refractivity contribution in [1.82, 2.24) is 15.2 Å². The number of rotatable bonds is 7. The van der Waals surface area contributed by atoms with E-state index in [-0.39, 0.29) is 11.9 Å². The van der Waals surface area contributed by atoms with Crippen molar-refractivity contribution in [1.29, 1.82) is 0 Å². The third-order valence-electron chi connectivity index (χ3n) is 6.78. The Morgan fingerprint density at radius 3 is 2.42 bits per heavy atom. The predicted molar refractivity (Wildman–Crippen MR) is 151 cm³/mol. The van der Waals surface area contributed by atoms with Crippen molar-refractivity contribution in [3.8, 4) is 5.75 Å². The van der Waals surface area contributed by atoms with Crippen LogP contribution in [0.2, 0.25) is 5.02 Å². The van der Waals surface area contributed by atoms with E-state index in [2.05, 4.69) is 16.4 Å². The monoisotopic (exact) mass is 539 g/mol. The summed E-state index contributed by atoms with van der Waals surface area (Å²) in [5, 5.41) is 4.77. The number of H-pyrrole nitrogens is 1. The highest BCUT2D eigenvalue weighted by molar-refractivity contribution is 6.32. The smallest absolute Gasteiger partial charge is 0.407 e. The van der Waals surface area contributed by atoms with Crippen molar-refractivity contribution in [2.75, 3.05) is 19.7 Å². The van der Waals surface area contributed by atoms with Gasteiger partial charge in [-0.3, -0.25) is 4.79 Å². The van der Waals surface area contributed by atoms with Gasteiger partial charge in [-0.15, -0.1) is 0 Å². The molecule has 8 heteroatoms. The number of carbonyl (C=O) groups is 2. The average molecular weight is 540 g/mol. The van der Waals surface area contributed by atoms with Gasteiger partial charge in [0.05, 0.1) is 6.61 Å². The van der Waals surface area contributed by atoms with Gasteiger partial charge in [-0.05, 0) is 95.2 Å². The Bertz CT molecular complexity index is 1280. The molecule has 2 aromatic carbocycles. The van der Waals surface area contributed by atoms with Gasteiger partial charge in [0.2, 0.25) is 0 Å². The molecule has 0 bridgehead atoms. The molecule has 2 heterocycles. The van der Waals surface area contributed by atoms with Crippen molar-refractivity contribution >= 4 is 34.5 Å². The molecule has 1 aromatic heterocycles. The molecular weight excluding hydrogens is 502 g/mol. The summed E-state index contributed by atoms with van der Waals surface area (Å²) in [5.74, 6) is 0.805. The van der Waals surface area contributed by atoms with Crippen LogP contribution in [0.25, 0.3) is 10.9 Å². The number of amides is 2. The third kappa shape index (κ3) is 6.81. The number of hydrogen-bond donors (Lipinski definition) is 2. The summed E-state index contributed by atoms with van der Waals surface area (Å²) >= 11 is 6.28. The number of aryl methyl sites for hydroxylation is 3. The molecule has 0 unspecified atom stereocenters. The number of carbonyl (C=O) groups excluding carboxylic acids is 2. The number of likely N-dealkylation sites (tertiary alicyclic amines) is 1. The fourth-order valence-corrected chi connectivity index (χ4v) is 5.04. The number of nitrogens with zero attached hydrogens (tertiary/aromatic N) is 1. The van der Waals surface area contributed by atoms with Crippen LogP contribution in [0.3, 0.4) is 0 Å². The minimum absolute atomic E-state index is 0.00297. The fourth-order valence-electron chi connectivity index (χ4n) is 4.93. The lowest BCUT2D eigenvalue weighted by molar-refractivity contribution is 0.0473. The number of fused-ring (bicyclic) bond motifs is 1. The van der Waals surface area contributed by atoms with Crippen LogP contribution in [0.5, 0.6) is 5.75 Å². The van der Waals surface area contributed by atoms with Crippen LogP contribution in [0.1, 0.15) is 67.2 Å². The number of hydrogen-bond acceptors (Lipinski definition) is 4. The summed E-state index contributed by atoms with van der Waals surface area (Å²) in [6.07, 6.45) is 2.45. The quantitative estimate of drug-likeness (QED) is 0.332. The fraction of sp³-hybridized carbons (Fsp3) is 0.467. The highest BCUT2D eigenvalue weighted by Crippen LogP contribution is 2.28. The van der Waals surface area contributed by atoms with Crippen LogP contribution >= 0.6 is 11.6 Å². The van der Waals surface area contributed by atoms with E-state index in [0.29, 0.717) is 44.7 Å². The zero-order valence-corrected chi connectivity index (χ0v) is 23.7. The number of aromatic nitrogens is 1. The van der Waals surface area contributed by atoms with E-state index in [1.807, 2.05) is 69.9 Å². The minimum atomic E-state index is -0.537. The number of piperidine rings is 1. The van der Waals surface area contributed by atoms with Crippen molar-refractivity contribution in [2.45, 2.75) is 71.9 Å². The average Bonchev–Trinajstić information content (AvgIpc) is 3.22. The SMILES string of the molecule is Cc1cc(OCCCc2c(C(=O)N3CCC(NC(=O)OC(C)(C)C)CC3)[nH]c3ccccc23)cc(C)c1Cl.